The Bertz CT molecular complexity index is 1130. The SMILES string of the molecule is [C-]#[N+]c1ccc(-c2ccn(C[C@@H](C)NC(=O)c3cc(CN4CCNCC4)[nH]n3)n2)cc1Cl. The minimum absolute atomic E-state index is 0.142. The quantitative estimate of drug-likeness (QED) is 0.479. The second-order valence-corrected chi connectivity index (χ2v) is 8.29. The first-order valence-corrected chi connectivity index (χ1v) is 10.9. The van der Waals surface area contributed by atoms with Crippen LogP contribution in [0.1, 0.15) is 23.1 Å². The van der Waals surface area contributed by atoms with Gasteiger partial charge in [0.1, 0.15) is 5.69 Å². The van der Waals surface area contributed by atoms with Crippen molar-refractivity contribution < 1.29 is 4.79 Å². The molecule has 10 heteroatoms. The highest BCUT2D eigenvalue weighted by molar-refractivity contribution is 6.33. The molecule has 1 saturated heterocycles. The van der Waals surface area contributed by atoms with Crippen molar-refractivity contribution in [3.63, 3.8) is 0 Å². The molecule has 0 spiro atoms. The molecule has 1 atom stereocenters. The second kappa shape index (κ2) is 9.96. The Morgan fingerprint density at radius 2 is 2.12 bits per heavy atom. The lowest BCUT2D eigenvalue weighted by Crippen LogP contribution is -2.42. The van der Waals surface area contributed by atoms with Gasteiger partial charge in [0.25, 0.3) is 5.91 Å². The molecule has 0 unspecified atom stereocenters. The van der Waals surface area contributed by atoms with Crippen LogP contribution in [0.2, 0.25) is 5.02 Å². The molecular weight excluding hydrogens is 428 g/mol. The highest BCUT2D eigenvalue weighted by atomic mass is 35.5. The summed E-state index contributed by atoms with van der Waals surface area (Å²) in [5.41, 5.74) is 3.33. The fraction of sp³-hybridized carbons (Fsp3) is 0.364. The smallest absolute Gasteiger partial charge is 0.272 e. The van der Waals surface area contributed by atoms with E-state index in [0.717, 1.165) is 49.7 Å². The maximum Gasteiger partial charge on any atom is 0.272 e. The molecule has 1 aliphatic heterocycles. The number of carbonyl (C=O) groups excluding carboxylic acids is 1. The Hall–Kier alpha value is -3.19. The Morgan fingerprint density at radius 3 is 2.88 bits per heavy atom. The summed E-state index contributed by atoms with van der Waals surface area (Å²) in [6.45, 7) is 14.2. The molecule has 3 aromatic rings. The van der Waals surface area contributed by atoms with Gasteiger partial charge in [0, 0.05) is 55.5 Å². The lowest BCUT2D eigenvalue weighted by Gasteiger charge is -2.26. The number of rotatable bonds is 7. The Kier molecular flexibility index (Phi) is 6.85. The zero-order valence-electron chi connectivity index (χ0n) is 17.8. The predicted octanol–water partition coefficient (Wildman–Crippen LogP) is 2.70. The van der Waals surface area contributed by atoms with E-state index in [0.29, 0.717) is 22.9 Å². The molecule has 4 rings (SSSR count). The number of hydrogen-bond acceptors (Lipinski definition) is 5. The van der Waals surface area contributed by atoms with Crippen molar-refractivity contribution in [2.45, 2.75) is 26.1 Å². The van der Waals surface area contributed by atoms with Crippen LogP contribution in [0.15, 0.2) is 36.5 Å². The molecular formula is C22H25ClN8O. The molecule has 3 N–H and O–H groups in total. The maximum absolute atomic E-state index is 12.6. The van der Waals surface area contributed by atoms with E-state index in [2.05, 4.69) is 35.7 Å². The van der Waals surface area contributed by atoms with Crippen LogP contribution in [0.4, 0.5) is 5.69 Å². The average molecular weight is 453 g/mol. The van der Waals surface area contributed by atoms with E-state index in [1.807, 2.05) is 31.3 Å². The van der Waals surface area contributed by atoms with Crippen LogP contribution in [0.25, 0.3) is 16.1 Å². The average Bonchev–Trinajstić information content (AvgIpc) is 3.44. The second-order valence-electron chi connectivity index (χ2n) is 7.88. The van der Waals surface area contributed by atoms with Gasteiger partial charge in [-0.05, 0) is 25.1 Å². The summed E-state index contributed by atoms with van der Waals surface area (Å²) >= 11 is 6.13. The van der Waals surface area contributed by atoms with E-state index in [9.17, 15) is 4.79 Å². The molecule has 32 heavy (non-hydrogen) atoms. The fourth-order valence-corrected chi connectivity index (χ4v) is 3.89. The van der Waals surface area contributed by atoms with Gasteiger partial charge in [-0.2, -0.15) is 10.2 Å². The summed E-state index contributed by atoms with van der Waals surface area (Å²) in [5, 5.41) is 18.4. The number of benzene rings is 1. The van der Waals surface area contributed by atoms with Gasteiger partial charge < -0.3 is 10.6 Å². The fourth-order valence-electron chi connectivity index (χ4n) is 3.67. The molecule has 0 saturated carbocycles. The molecule has 9 nitrogen and oxygen atoms in total. The highest BCUT2D eigenvalue weighted by Gasteiger charge is 2.16. The number of H-pyrrole nitrogens is 1. The Balaban J connectivity index is 1.32. The minimum Gasteiger partial charge on any atom is -0.346 e. The van der Waals surface area contributed by atoms with Crippen molar-refractivity contribution in [2.24, 2.45) is 0 Å². The third kappa shape index (κ3) is 5.34. The lowest BCUT2D eigenvalue weighted by atomic mass is 10.1. The van der Waals surface area contributed by atoms with Crippen molar-refractivity contribution in [3.8, 4) is 11.3 Å². The van der Waals surface area contributed by atoms with Crippen molar-refractivity contribution in [1.82, 2.24) is 35.5 Å². The summed E-state index contributed by atoms with van der Waals surface area (Å²) in [5.74, 6) is -0.214. The van der Waals surface area contributed by atoms with E-state index in [1.54, 1.807) is 16.8 Å². The van der Waals surface area contributed by atoms with Crippen molar-refractivity contribution in [1.29, 1.82) is 0 Å². The molecule has 1 amide bonds. The van der Waals surface area contributed by atoms with Crippen LogP contribution in [-0.4, -0.2) is 63.0 Å². The van der Waals surface area contributed by atoms with Gasteiger partial charge in [0.05, 0.1) is 24.5 Å². The molecule has 1 aliphatic rings. The largest absolute Gasteiger partial charge is 0.346 e. The Morgan fingerprint density at radius 1 is 1.31 bits per heavy atom. The van der Waals surface area contributed by atoms with Gasteiger partial charge in [0.2, 0.25) is 5.69 Å². The zero-order valence-corrected chi connectivity index (χ0v) is 18.6. The van der Waals surface area contributed by atoms with Crippen LogP contribution in [0.5, 0.6) is 0 Å². The van der Waals surface area contributed by atoms with Crippen LogP contribution >= 0.6 is 11.6 Å². The molecule has 3 heterocycles. The van der Waals surface area contributed by atoms with Gasteiger partial charge >= 0.3 is 0 Å². The van der Waals surface area contributed by atoms with Crippen molar-refractivity contribution >= 4 is 23.2 Å². The van der Waals surface area contributed by atoms with E-state index in [1.165, 1.54) is 0 Å². The number of amides is 1. The number of aromatic amines is 1. The molecule has 166 valence electrons. The van der Waals surface area contributed by atoms with Crippen molar-refractivity contribution in [3.05, 3.63) is 64.4 Å². The number of aromatic nitrogens is 4. The van der Waals surface area contributed by atoms with E-state index in [4.69, 9.17) is 18.2 Å². The number of piperazine rings is 1. The van der Waals surface area contributed by atoms with Gasteiger partial charge in [-0.15, -0.1) is 0 Å². The number of hydrogen-bond donors (Lipinski definition) is 3. The van der Waals surface area contributed by atoms with E-state index < -0.39 is 0 Å². The van der Waals surface area contributed by atoms with E-state index >= 15 is 0 Å². The summed E-state index contributed by atoms with van der Waals surface area (Å²) in [4.78, 5) is 18.3. The standard InChI is InChI=1S/C22H25ClN8O/c1-15(13-31-8-5-19(29-31)16-3-4-20(24-2)18(23)11-16)26-22(32)21-12-17(27-28-21)14-30-9-6-25-7-10-30/h3-5,8,11-12,15,25H,6-7,9-10,13-14H2,1H3,(H,26,32)(H,27,28)/t15-/m1/s1. The van der Waals surface area contributed by atoms with Crippen LogP contribution in [0.3, 0.4) is 0 Å². The first-order valence-electron chi connectivity index (χ1n) is 10.5. The normalized spacial score (nSPS) is 15.3. The van der Waals surface area contributed by atoms with Gasteiger partial charge in [-0.25, -0.2) is 4.85 Å². The summed E-state index contributed by atoms with van der Waals surface area (Å²) in [6.07, 6.45) is 1.86. The van der Waals surface area contributed by atoms with E-state index in [-0.39, 0.29) is 11.9 Å². The number of nitrogens with zero attached hydrogens (tertiary/aromatic N) is 5. The van der Waals surface area contributed by atoms with Crippen LogP contribution < -0.4 is 10.6 Å². The Labute approximate surface area is 191 Å². The third-order valence-corrected chi connectivity index (χ3v) is 5.61. The molecule has 0 aliphatic carbocycles. The topological polar surface area (TPSA) is 95.2 Å². The molecule has 1 aromatic carbocycles. The van der Waals surface area contributed by atoms with Crippen LogP contribution in [0, 0.1) is 6.57 Å². The molecule has 0 bridgehead atoms. The summed E-state index contributed by atoms with van der Waals surface area (Å²) in [6, 6.07) is 8.80. The maximum atomic E-state index is 12.6. The lowest BCUT2D eigenvalue weighted by molar-refractivity contribution is 0.0931. The van der Waals surface area contributed by atoms with Gasteiger partial charge in [-0.3, -0.25) is 19.5 Å². The predicted molar refractivity (Wildman–Crippen MR) is 123 cm³/mol. The third-order valence-electron chi connectivity index (χ3n) is 5.31. The molecule has 0 radical (unpaired) electrons. The first kappa shape index (κ1) is 22.0. The number of nitrogens with one attached hydrogen (secondary N) is 3. The zero-order chi connectivity index (χ0) is 22.5. The molecule has 1 fully saturated rings. The highest BCUT2D eigenvalue weighted by Crippen LogP contribution is 2.29. The van der Waals surface area contributed by atoms with Gasteiger partial charge in [-0.1, -0.05) is 23.7 Å². The number of carbonyl (C=O) groups is 1. The van der Waals surface area contributed by atoms with Gasteiger partial charge in [0.15, 0.2) is 0 Å². The summed E-state index contributed by atoms with van der Waals surface area (Å²) < 4.78 is 1.78. The minimum atomic E-state index is -0.214. The number of halogens is 1. The summed E-state index contributed by atoms with van der Waals surface area (Å²) in [7, 11) is 0. The first-order chi connectivity index (χ1) is 15.5. The van der Waals surface area contributed by atoms with Crippen molar-refractivity contribution in [2.75, 3.05) is 26.2 Å². The molecule has 2 aromatic heterocycles. The van der Waals surface area contributed by atoms with Crippen LogP contribution in [-0.2, 0) is 13.1 Å². The monoisotopic (exact) mass is 452 g/mol.